The SMILES string of the molecule is CC1CCCC(N)C1C(=O)NN(C)C. The van der Waals surface area contributed by atoms with Crippen LogP contribution in [-0.4, -0.2) is 31.1 Å². The number of hydrazine groups is 1. The van der Waals surface area contributed by atoms with Gasteiger partial charge in [-0.25, -0.2) is 5.01 Å². The maximum Gasteiger partial charge on any atom is 0.239 e. The van der Waals surface area contributed by atoms with E-state index in [2.05, 4.69) is 12.3 Å². The molecule has 0 radical (unpaired) electrons. The summed E-state index contributed by atoms with van der Waals surface area (Å²) in [4.78, 5) is 11.8. The molecule has 1 aliphatic rings. The van der Waals surface area contributed by atoms with Crippen molar-refractivity contribution in [3.8, 4) is 0 Å². The summed E-state index contributed by atoms with van der Waals surface area (Å²) in [6.07, 6.45) is 3.23. The second-order valence-corrected chi connectivity index (χ2v) is 4.47. The summed E-state index contributed by atoms with van der Waals surface area (Å²) in [6.45, 7) is 2.11. The van der Waals surface area contributed by atoms with Gasteiger partial charge in [0, 0.05) is 20.1 Å². The Morgan fingerprint density at radius 2 is 2.07 bits per heavy atom. The first-order valence-corrected chi connectivity index (χ1v) is 5.25. The van der Waals surface area contributed by atoms with Gasteiger partial charge in [-0.3, -0.25) is 10.2 Å². The number of hydrogen-bond acceptors (Lipinski definition) is 3. The molecular formula is C10H21N3O. The first kappa shape index (κ1) is 11.5. The lowest BCUT2D eigenvalue weighted by Gasteiger charge is -2.33. The van der Waals surface area contributed by atoms with E-state index in [-0.39, 0.29) is 17.9 Å². The maximum absolute atomic E-state index is 11.8. The summed E-state index contributed by atoms with van der Waals surface area (Å²) in [7, 11) is 3.63. The molecule has 0 spiro atoms. The van der Waals surface area contributed by atoms with Gasteiger partial charge in [0.1, 0.15) is 0 Å². The Balaban J connectivity index is 2.58. The van der Waals surface area contributed by atoms with Crippen LogP contribution in [0.3, 0.4) is 0 Å². The zero-order valence-corrected chi connectivity index (χ0v) is 9.29. The highest BCUT2D eigenvalue weighted by Crippen LogP contribution is 2.28. The summed E-state index contributed by atoms with van der Waals surface area (Å²) in [5.74, 6) is 0.444. The van der Waals surface area contributed by atoms with Crippen molar-refractivity contribution < 1.29 is 4.79 Å². The average molecular weight is 199 g/mol. The van der Waals surface area contributed by atoms with Gasteiger partial charge in [0.25, 0.3) is 0 Å². The first-order valence-electron chi connectivity index (χ1n) is 5.25. The van der Waals surface area contributed by atoms with Crippen LogP contribution in [0.2, 0.25) is 0 Å². The normalized spacial score (nSPS) is 33.1. The second-order valence-electron chi connectivity index (χ2n) is 4.47. The molecule has 0 saturated heterocycles. The minimum absolute atomic E-state index is 0.0221. The van der Waals surface area contributed by atoms with E-state index >= 15 is 0 Å². The summed E-state index contributed by atoms with van der Waals surface area (Å²) < 4.78 is 0. The maximum atomic E-state index is 11.8. The van der Waals surface area contributed by atoms with Crippen LogP contribution in [-0.2, 0) is 4.79 Å². The van der Waals surface area contributed by atoms with Gasteiger partial charge in [-0.2, -0.15) is 0 Å². The van der Waals surface area contributed by atoms with Crippen LogP contribution >= 0.6 is 0 Å². The van der Waals surface area contributed by atoms with E-state index in [9.17, 15) is 4.79 Å². The van der Waals surface area contributed by atoms with E-state index in [0.29, 0.717) is 5.92 Å². The number of carbonyl (C=O) groups excluding carboxylic acids is 1. The van der Waals surface area contributed by atoms with E-state index in [4.69, 9.17) is 5.73 Å². The summed E-state index contributed by atoms with van der Waals surface area (Å²) in [5.41, 5.74) is 8.75. The Labute approximate surface area is 85.8 Å². The van der Waals surface area contributed by atoms with E-state index in [1.54, 1.807) is 5.01 Å². The highest BCUT2D eigenvalue weighted by Gasteiger charge is 2.33. The number of nitrogens with zero attached hydrogens (tertiary/aromatic N) is 1. The van der Waals surface area contributed by atoms with Crippen molar-refractivity contribution in [3.63, 3.8) is 0 Å². The molecule has 1 aliphatic carbocycles. The molecule has 82 valence electrons. The third kappa shape index (κ3) is 2.69. The van der Waals surface area contributed by atoms with Crippen molar-refractivity contribution in [1.29, 1.82) is 0 Å². The van der Waals surface area contributed by atoms with Gasteiger partial charge in [-0.1, -0.05) is 13.3 Å². The van der Waals surface area contributed by atoms with Crippen LogP contribution < -0.4 is 11.2 Å². The fourth-order valence-electron chi connectivity index (χ4n) is 2.20. The molecule has 14 heavy (non-hydrogen) atoms. The van der Waals surface area contributed by atoms with E-state index < -0.39 is 0 Å². The fraction of sp³-hybridized carbons (Fsp3) is 0.900. The number of nitrogens with two attached hydrogens (primary N) is 1. The second kappa shape index (κ2) is 4.75. The van der Waals surface area contributed by atoms with Gasteiger partial charge in [-0.05, 0) is 18.8 Å². The van der Waals surface area contributed by atoms with Gasteiger partial charge in [0.2, 0.25) is 5.91 Å². The lowest BCUT2D eigenvalue weighted by atomic mass is 9.77. The standard InChI is InChI=1S/C10H21N3O/c1-7-5-4-6-8(11)9(7)10(14)12-13(2)3/h7-9H,4-6,11H2,1-3H3,(H,12,14). The third-order valence-electron chi connectivity index (χ3n) is 2.91. The van der Waals surface area contributed by atoms with Gasteiger partial charge >= 0.3 is 0 Å². The van der Waals surface area contributed by atoms with Crippen molar-refractivity contribution in [2.45, 2.75) is 32.2 Å². The summed E-state index contributed by atoms with van der Waals surface area (Å²) in [6, 6.07) is 0.0266. The molecule has 0 aromatic carbocycles. The van der Waals surface area contributed by atoms with Crippen LogP contribution in [0.5, 0.6) is 0 Å². The number of rotatable bonds is 2. The Bertz CT molecular complexity index is 196. The quantitative estimate of drug-likeness (QED) is 0.631. The molecule has 3 N–H and O–H groups in total. The van der Waals surface area contributed by atoms with Crippen LogP contribution in [0.25, 0.3) is 0 Å². The van der Waals surface area contributed by atoms with Gasteiger partial charge in [0.05, 0.1) is 5.92 Å². The lowest BCUT2D eigenvalue weighted by Crippen LogP contribution is -2.50. The topological polar surface area (TPSA) is 58.4 Å². The zero-order chi connectivity index (χ0) is 10.7. The molecule has 4 heteroatoms. The van der Waals surface area contributed by atoms with Gasteiger partial charge < -0.3 is 5.73 Å². The Hall–Kier alpha value is -0.610. The van der Waals surface area contributed by atoms with E-state index in [1.165, 1.54) is 0 Å². The molecule has 1 amide bonds. The number of nitrogens with one attached hydrogen (secondary N) is 1. The molecule has 0 bridgehead atoms. The minimum atomic E-state index is -0.0221. The predicted octanol–water partition coefficient (Wildman–Crippen LogP) is 0.343. The molecule has 0 heterocycles. The van der Waals surface area contributed by atoms with Crippen LogP contribution in [0, 0.1) is 11.8 Å². The largest absolute Gasteiger partial charge is 0.327 e. The van der Waals surface area contributed by atoms with Crippen LogP contribution in [0.1, 0.15) is 26.2 Å². The van der Waals surface area contributed by atoms with Crippen molar-refractivity contribution >= 4 is 5.91 Å². The lowest BCUT2D eigenvalue weighted by molar-refractivity contribution is -0.132. The van der Waals surface area contributed by atoms with Crippen molar-refractivity contribution in [2.24, 2.45) is 17.6 Å². The molecule has 1 saturated carbocycles. The molecule has 1 rings (SSSR count). The fourth-order valence-corrected chi connectivity index (χ4v) is 2.20. The molecule has 0 aromatic rings. The molecule has 0 aliphatic heterocycles. The average Bonchev–Trinajstić information content (AvgIpc) is 2.01. The Kier molecular flexibility index (Phi) is 3.89. The monoisotopic (exact) mass is 199 g/mol. The minimum Gasteiger partial charge on any atom is -0.327 e. The molecule has 3 unspecified atom stereocenters. The predicted molar refractivity (Wildman–Crippen MR) is 56.3 cm³/mol. The molecule has 1 fully saturated rings. The molecule has 0 aromatic heterocycles. The Morgan fingerprint density at radius 3 is 2.57 bits per heavy atom. The van der Waals surface area contributed by atoms with Crippen LogP contribution in [0.4, 0.5) is 0 Å². The van der Waals surface area contributed by atoms with Gasteiger partial charge in [-0.15, -0.1) is 0 Å². The smallest absolute Gasteiger partial charge is 0.239 e. The van der Waals surface area contributed by atoms with E-state index in [1.807, 2.05) is 14.1 Å². The highest BCUT2D eigenvalue weighted by atomic mass is 16.2. The summed E-state index contributed by atoms with van der Waals surface area (Å²) >= 11 is 0. The first-order chi connectivity index (χ1) is 6.52. The number of carbonyl (C=O) groups is 1. The molecule has 4 nitrogen and oxygen atoms in total. The van der Waals surface area contributed by atoms with Crippen molar-refractivity contribution in [3.05, 3.63) is 0 Å². The Morgan fingerprint density at radius 1 is 1.43 bits per heavy atom. The van der Waals surface area contributed by atoms with Gasteiger partial charge in [0.15, 0.2) is 0 Å². The number of hydrogen-bond donors (Lipinski definition) is 2. The van der Waals surface area contributed by atoms with Crippen LogP contribution in [0.15, 0.2) is 0 Å². The highest BCUT2D eigenvalue weighted by molar-refractivity contribution is 5.79. The zero-order valence-electron chi connectivity index (χ0n) is 9.29. The van der Waals surface area contributed by atoms with E-state index in [0.717, 1.165) is 19.3 Å². The molecule has 3 atom stereocenters. The van der Waals surface area contributed by atoms with Crippen molar-refractivity contribution in [1.82, 2.24) is 10.4 Å². The summed E-state index contributed by atoms with van der Waals surface area (Å²) in [5, 5.41) is 1.68. The number of amides is 1. The van der Waals surface area contributed by atoms with Crippen molar-refractivity contribution in [2.75, 3.05) is 14.1 Å². The molecular weight excluding hydrogens is 178 g/mol. The third-order valence-corrected chi connectivity index (χ3v) is 2.91.